The lowest BCUT2D eigenvalue weighted by molar-refractivity contribution is 0.121. The van der Waals surface area contributed by atoms with E-state index in [9.17, 15) is 0 Å². The zero-order valence-corrected chi connectivity index (χ0v) is 15.5. The Bertz CT molecular complexity index is 661. The van der Waals surface area contributed by atoms with Crippen LogP contribution < -0.4 is 4.74 Å². The Labute approximate surface area is 155 Å². The largest absolute Gasteiger partial charge is 0.490 e. The van der Waals surface area contributed by atoms with Gasteiger partial charge in [0.1, 0.15) is 18.4 Å². The molecule has 4 rings (SSSR count). The lowest BCUT2D eigenvalue weighted by atomic mass is 10.1. The highest BCUT2D eigenvalue weighted by molar-refractivity contribution is 5.33. The molecule has 6 nitrogen and oxygen atoms in total. The molecule has 140 valence electrons. The molecule has 2 aromatic rings. The number of ether oxygens (including phenoxy) is 1. The van der Waals surface area contributed by atoms with Gasteiger partial charge in [0.05, 0.1) is 12.6 Å². The summed E-state index contributed by atoms with van der Waals surface area (Å²) < 4.78 is 8.20. The van der Waals surface area contributed by atoms with Crippen LogP contribution in [0.3, 0.4) is 0 Å². The Morgan fingerprint density at radius 1 is 0.962 bits per heavy atom. The molecule has 0 bridgehead atoms. The molecule has 1 aromatic heterocycles. The van der Waals surface area contributed by atoms with Gasteiger partial charge in [0.15, 0.2) is 0 Å². The molecule has 2 fully saturated rings. The third-order valence-corrected chi connectivity index (χ3v) is 5.54. The van der Waals surface area contributed by atoms with Gasteiger partial charge >= 0.3 is 0 Å². The van der Waals surface area contributed by atoms with Crippen molar-refractivity contribution in [1.82, 2.24) is 24.6 Å². The molecular formula is C20H29N5O. The fraction of sp³-hybridized carbons (Fsp3) is 0.600. The van der Waals surface area contributed by atoms with Crippen LogP contribution in [0.15, 0.2) is 36.9 Å². The van der Waals surface area contributed by atoms with Crippen molar-refractivity contribution in [2.24, 2.45) is 0 Å². The average Bonchev–Trinajstić information content (AvgIpc) is 3.37. The van der Waals surface area contributed by atoms with Crippen LogP contribution in [-0.4, -0.2) is 63.4 Å². The minimum atomic E-state index is 0.421. The van der Waals surface area contributed by atoms with Gasteiger partial charge in [-0.05, 0) is 31.7 Å². The van der Waals surface area contributed by atoms with E-state index >= 15 is 0 Å². The van der Waals surface area contributed by atoms with Crippen LogP contribution in [-0.2, 0) is 13.1 Å². The summed E-state index contributed by atoms with van der Waals surface area (Å²) in [6.45, 7) is 7.38. The number of aromatic nitrogens is 3. The first kappa shape index (κ1) is 17.5. The molecule has 6 heteroatoms. The molecule has 1 aliphatic carbocycles. The molecule has 2 aliphatic rings. The van der Waals surface area contributed by atoms with Crippen LogP contribution in [0.25, 0.3) is 0 Å². The van der Waals surface area contributed by atoms with Crippen LogP contribution in [0.5, 0.6) is 5.75 Å². The van der Waals surface area contributed by atoms with Gasteiger partial charge in [-0.3, -0.25) is 14.5 Å². The van der Waals surface area contributed by atoms with Gasteiger partial charge in [-0.1, -0.05) is 18.2 Å². The van der Waals surface area contributed by atoms with Crippen molar-refractivity contribution < 1.29 is 4.74 Å². The highest BCUT2D eigenvalue weighted by Gasteiger charge is 2.20. The van der Waals surface area contributed by atoms with Crippen molar-refractivity contribution in [2.45, 2.75) is 44.9 Å². The van der Waals surface area contributed by atoms with E-state index in [2.05, 4.69) is 44.1 Å². The molecule has 0 spiro atoms. The summed E-state index contributed by atoms with van der Waals surface area (Å²) in [5, 5.41) is 4.18. The third kappa shape index (κ3) is 4.62. The minimum Gasteiger partial charge on any atom is -0.490 e. The number of benzene rings is 1. The maximum Gasteiger partial charge on any atom is 0.137 e. The normalized spacial score (nSPS) is 19.8. The van der Waals surface area contributed by atoms with E-state index in [-0.39, 0.29) is 0 Å². The summed E-state index contributed by atoms with van der Waals surface area (Å²) in [6, 6.07) is 8.59. The van der Waals surface area contributed by atoms with Gasteiger partial charge < -0.3 is 4.74 Å². The number of nitrogens with zero attached hydrogens (tertiary/aromatic N) is 5. The number of rotatable bonds is 7. The second-order valence-electron chi connectivity index (χ2n) is 7.41. The second kappa shape index (κ2) is 8.64. The van der Waals surface area contributed by atoms with Crippen molar-refractivity contribution >= 4 is 0 Å². The SMILES string of the molecule is c1ccc(OC2CCCC2)c(CN2CCN(CCn3cncn3)CC2)c1. The first-order valence-electron chi connectivity index (χ1n) is 9.88. The predicted molar refractivity (Wildman–Crippen MR) is 101 cm³/mol. The van der Waals surface area contributed by atoms with Gasteiger partial charge in [-0.25, -0.2) is 4.98 Å². The number of para-hydroxylation sites is 1. The number of hydrogen-bond acceptors (Lipinski definition) is 5. The summed E-state index contributed by atoms with van der Waals surface area (Å²) in [5.41, 5.74) is 1.33. The van der Waals surface area contributed by atoms with Gasteiger partial charge in [0.2, 0.25) is 0 Å². The summed E-state index contributed by atoms with van der Waals surface area (Å²) >= 11 is 0. The fourth-order valence-electron chi connectivity index (χ4n) is 3.94. The zero-order chi connectivity index (χ0) is 17.6. The molecule has 1 saturated heterocycles. The highest BCUT2D eigenvalue weighted by atomic mass is 16.5. The standard InChI is InChI=1S/C20H29N5O/c1-4-8-20(26-19-6-2-3-7-19)18(5-1)15-24-11-9-23(10-12-24)13-14-25-17-21-16-22-25/h1,4-5,8,16-17,19H,2-3,6-7,9-15H2. The van der Waals surface area contributed by atoms with E-state index in [0.29, 0.717) is 6.10 Å². The second-order valence-corrected chi connectivity index (χ2v) is 7.41. The Morgan fingerprint density at radius 3 is 2.50 bits per heavy atom. The molecule has 0 N–H and O–H groups in total. The molecular weight excluding hydrogens is 326 g/mol. The van der Waals surface area contributed by atoms with Crippen LogP contribution in [0, 0.1) is 0 Å². The summed E-state index contributed by atoms with van der Waals surface area (Å²) in [4.78, 5) is 9.06. The molecule has 1 saturated carbocycles. The topological polar surface area (TPSA) is 46.4 Å². The van der Waals surface area contributed by atoms with Crippen LogP contribution in [0.1, 0.15) is 31.2 Å². The van der Waals surface area contributed by atoms with Crippen molar-refractivity contribution in [1.29, 1.82) is 0 Å². The van der Waals surface area contributed by atoms with E-state index in [1.54, 1.807) is 12.7 Å². The fourth-order valence-corrected chi connectivity index (χ4v) is 3.94. The van der Waals surface area contributed by atoms with Gasteiger partial charge in [0, 0.05) is 44.8 Å². The minimum absolute atomic E-state index is 0.421. The molecule has 0 amide bonds. The number of hydrogen-bond donors (Lipinski definition) is 0. The Kier molecular flexibility index (Phi) is 5.82. The Balaban J connectivity index is 1.26. The van der Waals surface area contributed by atoms with Gasteiger partial charge in [-0.15, -0.1) is 0 Å². The van der Waals surface area contributed by atoms with E-state index in [4.69, 9.17) is 4.74 Å². The zero-order valence-electron chi connectivity index (χ0n) is 15.5. The van der Waals surface area contributed by atoms with E-state index in [0.717, 1.165) is 51.6 Å². The predicted octanol–water partition coefficient (Wildman–Crippen LogP) is 2.42. The first-order valence-corrected chi connectivity index (χ1v) is 9.88. The van der Waals surface area contributed by atoms with E-state index in [1.165, 1.54) is 31.2 Å². The molecule has 1 aromatic carbocycles. The maximum absolute atomic E-state index is 6.30. The average molecular weight is 355 g/mol. The monoisotopic (exact) mass is 355 g/mol. The van der Waals surface area contributed by atoms with Crippen molar-refractivity contribution in [2.75, 3.05) is 32.7 Å². The molecule has 26 heavy (non-hydrogen) atoms. The summed E-state index contributed by atoms with van der Waals surface area (Å²) in [6.07, 6.45) is 8.84. The van der Waals surface area contributed by atoms with Crippen molar-refractivity contribution in [3.8, 4) is 5.75 Å². The van der Waals surface area contributed by atoms with E-state index in [1.807, 2.05) is 4.68 Å². The quantitative estimate of drug-likeness (QED) is 0.763. The van der Waals surface area contributed by atoms with Crippen LogP contribution >= 0.6 is 0 Å². The molecule has 1 aliphatic heterocycles. The van der Waals surface area contributed by atoms with E-state index < -0.39 is 0 Å². The van der Waals surface area contributed by atoms with Crippen LogP contribution in [0.4, 0.5) is 0 Å². The van der Waals surface area contributed by atoms with Crippen molar-refractivity contribution in [3.63, 3.8) is 0 Å². The molecule has 0 atom stereocenters. The van der Waals surface area contributed by atoms with Crippen LogP contribution in [0.2, 0.25) is 0 Å². The smallest absolute Gasteiger partial charge is 0.137 e. The lowest BCUT2D eigenvalue weighted by Crippen LogP contribution is -2.46. The maximum atomic E-state index is 6.30. The lowest BCUT2D eigenvalue weighted by Gasteiger charge is -2.35. The molecule has 0 unspecified atom stereocenters. The number of piperazine rings is 1. The van der Waals surface area contributed by atoms with Gasteiger partial charge in [0.25, 0.3) is 0 Å². The van der Waals surface area contributed by atoms with Crippen molar-refractivity contribution in [3.05, 3.63) is 42.5 Å². The Morgan fingerprint density at radius 2 is 1.73 bits per heavy atom. The van der Waals surface area contributed by atoms with Gasteiger partial charge in [-0.2, -0.15) is 5.10 Å². The Hall–Kier alpha value is -1.92. The summed E-state index contributed by atoms with van der Waals surface area (Å²) in [5.74, 6) is 1.09. The molecule has 2 heterocycles. The summed E-state index contributed by atoms with van der Waals surface area (Å²) in [7, 11) is 0. The highest BCUT2D eigenvalue weighted by Crippen LogP contribution is 2.27. The third-order valence-electron chi connectivity index (χ3n) is 5.54. The first-order chi connectivity index (χ1) is 12.9. The molecule has 0 radical (unpaired) electrons.